The summed E-state index contributed by atoms with van der Waals surface area (Å²) in [5, 5.41) is 2.13. The molecule has 0 atom stereocenters. The van der Waals surface area contributed by atoms with Gasteiger partial charge < -0.3 is 4.42 Å². The Morgan fingerprint density at radius 2 is 0.875 bits per heavy atom. The van der Waals surface area contributed by atoms with Crippen molar-refractivity contribution in [3.63, 3.8) is 0 Å². The van der Waals surface area contributed by atoms with Crippen LogP contribution in [0.15, 0.2) is 199 Å². The number of hydrogen-bond acceptors (Lipinski definition) is 3. The molecule has 0 N–H and O–H groups in total. The lowest BCUT2D eigenvalue weighted by atomic mass is 9.70. The van der Waals surface area contributed by atoms with Crippen molar-refractivity contribution in [1.29, 1.82) is 0 Å². The Balaban J connectivity index is 1.11. The molecule has 12 rings (SSSR count). The van der Waals surface area contributed by atoms with Crippen molar-refractivity contribution in [2.24, 2.45) is 0 Å². The number of hydrogen-bond donors (Lipinski definition) is 0. The van der Waals surface area contributed by atoms with Gasteiger partial charge in [0.15, 0.2) is 5.82 Å². The fourth-order valence-electron chi connectivity index (χ4n) is 9.61. The molecular formula is C53H32N2O. The monoisotopic (exact) mass is 712 g/mol. The van der Waals surface area contributed by atoms with Gasteiger partial charge in [0.05, 0.1) is 22.4 Å². The molecule has 0 saturated heterocycles. The summed E-state index contributed by atoms with van der Waals surface area (Å²) >= 11 is 0. The summed E-state index contributed by atoms with van der Waals surface area (Å²) in [5.74, 6) is 0.626. The molecule has 10 aromatic rings. The van der Waals surface area contributed by atoms with E-state index in [1.807, 2.05) is 12.1 Å². The molecule has 2 aromatic heterocycles. The van der Waals surface area contributed by atoms with Gasteiger partial charge in [-0.25, -0.2) is 9.97 Å². The summed E-state index contributed by atoms with van der Waals surface area (Å²) in [7, 11) is 0. The lowest BCUT2D eigenvalue weighted by Crippen LogP contribution is -2.25. The summed E-state index contributed by atoms with van der Waals surface area (Å²) < 4.78 is 6.55. The summed E-state index contributed by atoms with van der Waals surface area (Å²) in [4.78, 5) is 10.7. The van der Waals surface area contributed by atoms with Crippen LogP contribution < -0.4 is 0 Å². The van der Waals surface area contributed by atoms with Crippen LogP contribution in [0.4, 0.5) is 0 Å². The van der Waals surface area contributed by atoms with Crippen LogP contribution >= 0.6 is 0 Å². The van der Waals surface area contributed by atoms with E-state index in [2.05, 4.69) is 182 Å². The molecule has 0 aliphatic heterocycles. The van der Waals surface area contributed by atoms with E-state index in [-0.39, 0.29) is 0 Å². The molecule has 0 bridgehead atoms. The highest BCUT2D eigenvalue weighted by Gasteiger charge is 2.51. The minimum Gasteiger partial charge on any atom is -0.455 e. The average molecular weight is 713 g/mol. The zero-order chi connectivity index (χ0) is 36.8. The summed E-state index contributed by atoms with van der Waals surface area (Å²) in [6.45, 7) is 0. The van der Waals surface area contributed by atoms with E-state index in [0.29, 0.717) is 5.82 Å². The van der Waals surface area contributed by atoms with Gasteiger partial charge in [0, 0.05) is 21.9 Å². The molecule has 3 nitrogen and oxygen atoms in total. The standard InChI is InChI=1S/C53H32N2O/c1-2-15-33(16-3-1)35-17-4-5-21-39(35)49-32-48(54-52(55-49)42-24-14-23-41-40-22-9-13-28-50(40)56-51(41)42)34-29-30-47-43(31-34)38-20-8-12-27-46(38)53(47)44-25-10-6-18-36(44)37-19-7-11-26-45(37)53/h1-32H. The van der Waals surface area contributed by atoms with E-state index in [1.54, 1.807) is 0 Å². The molecule has 0 radical (unpaired) electrons. The zero-order valence-corrected chi connectivity index (χ0v) is 30.3. The predicted octanol–water partition coefficient (Wildman–Crippen LogP) is 13.4. The fraction of sp³-hybridized carbons (Fsp3) is 0.0189. The van der Waals surface area contributed by atoms with Gasteiger partial charge >= 0.3 is 0 Å². The maximum atomic E-state index is 6.55. The van der Waals surface area contributed by atoms with Crippen molar-refractivity contribution in [2.75, 3.05) is 0 Å². The van der Waals surface area contributed by atoms with Crippen molar-refractivity contribution < 1.29 is 4.42 Å². The van der Waals surface area contributed by atoms with Gasteiger partial charge in [-0.05, 0) is 79.9 Å². The van der Waals surface area contributed by atoms with Crippen LogP contribution in [0.1, 0.15) is 22.3 Å². The maximum absolute atomic E-state index is 6.55. The summed E-state index contributed by atoms with van der Waals surface area (Å²) in [6.07, 6.45) is 0. The minimum atomic E-state index is -0.398. The van der Waals surface area contributed by atoms with Crippen molar-refractivity contribution >= 4 is 21.9 Å². The third-order valence-corrected chi connectivity index (χ3v) is 12.0. The largest absolute Gasteiger partial charge is 0.455 e. The van der Waals surface area contributed by atoms with Crippen LogP contribution in [0.25, 0.3) is 89.2 Å². The Morgan fingerprint density at radius 3 is 1.61 bits per heavy atom. The molecule has 2 aliphatic carbocycles. The average Bonchev–Trinajstić information content (AvgIpc) is 3.91. The molecule has 0 amide bonds. The van der Waals surface area contributed by atoms with Crippen molar-refractivity contribution in [2.45, 2.75) is 5.41 Å². The highest BCUT2D eigenvalue weighted by Crippen LogP contribution is 2.63. The molecule has 260 valence electrons. The highest BCUT2D eigenvalue weighted by atomic mass is 16.3. The smallest absolute Gasteiger partial charge is 0.164 e. The van der Waals surface area contributed by atoms with E-state index >= 15 is 0 Å². The second-order valence-corrected chi connectivity index (χ2v) is 14.8. The number of benzene rings is 8. The highest BCUT2D eigenvalue weighted by molar-refractivity contribution is 6.09. The van der Waals surface area contributed by atoms with Gasteiger partial charge in [-0.2, -0.15) is 0 Å². The van der Waals surface area contributed by atoms with Crippen LogP contribution in [0.3, 0.4) is 0 Å². The Bertz CT molecular complexity index is 3170. The Morgan fingerprint density at radius 1 is 0.339 bits per heavy atom. The Kier molecular flexibility index (Phi) is 6.55. The number of nitrogens with zero attached hydrogens (tertiary/aromatic N) is 2. The van der Waals surface area contributed by atoms with E-state index < -0.39 is 5.41 Å². The molecule has 1 spiro atoms. The van der Waals surface area contributed by atoms with Crippen LogP contribution in [0, 0.1) is 0 Å². The number of fused-ring (bicyclic) bond motifs is 13. The first kappa shape index (κ1) is 31.0. The first-order valence-electron chi connectivity index (χ1n) is 19.2. The predicted molar refractivity (Wildman–Crippen MR) is 227 cm³/mol. The molecule has 0 fully saturated rings. The zero-order valence-electron chi connectivity index (χ0n) is 30.3. The molecule has 8 aromatic carbocycles. The van der Waals surface area contributed by atoms with E-state index in [9.17, 15) is 0 Å². The third kappa shape index (κ3) is 4.28. The lowest BCUT2D eigenvalue weighted by molar-refractivity contribution is 0.669. The molecule has 56 heavy (non-hydrogen) atoms. The second kappa shape index (κ2) is 11.8. The Hall–Kier alpha value is -7.36. The third-order valence-electron chi connectivity index (χ3n) is 12.0. The first-order valence-corrected chi connectivity index (χ1v) is 19.2. The van der Waals surface area contributed by atoms with Crippen LogP contribution in [0.2, 0.25) is 0 Å². The lowest BCUT2D eigenvalue weighted by Gasteiger charge is -2.30. The van der Waals surface area contributed by atoms with Gasteiger partial charge in [-0.3, -0.25) is 0 Å². The molecule has 2 aliphatic rings. The summed E-state index contributed by atoms with van der Waals surface area (Å²) in [5.41, 5.74) is 18.5. The molecular weight excluding hydrogens is 681 g/mol. The van der Waals surface area contributed by atoms with Crippen molar-refractivity contribution in [1.82, 2.24) is 9.97 Å². The number of rotatable bonds is 4. The van der Waals surface area contributed by atoms with Gasteiger partial charge in [-0.1, -0.05) is 170 Å². The van der Waals surface area contributed by atoms with Crippen molar-refractivity contribution in [3.05, 3.63) is 216 Å². The Labute approximate surface area is 324 Å². The van der Waals surface area contributed by atoms with Gasteiger partial charge in [-0.15, -0.1) is 0 Å². The summed E-state index contributed by atoms with van der Waals surface area (Å²) in [6, 6.07) is 69.5. The molecule has 0 saturated carbocycles. The van der Waals surface area contributed by atoms with Crippen LogP contribution in [-0.2, 0) is 5.41 Å². The molecule has 0 unspecified atom stereocenters. The van der Waals surface area contributed by atoms with E-state index in [0.717, 1.165) is 61.1 Å². The second-order valence-electron chi connectivity index (χ2n) is 14.8. The van der Waals surface area contributed by atoms with Crippen molar-refractivity contribution in [3.8, 4) is 67.3 Å². The normalized spacial score (nSPS) is 13.1. The number of para-hydroxylation sites is 2. The van der Waals surface area contributed by atoms with Gasteiger partial charge in [0.25, 0.3) is 0 Å². The van der Waals surface area contributed by atoms with E-state index in [1.165, 1.54) is 44.5 Å². The SMILES string of the molecule is c1ccc(-c2ccccc2-c2cc(-c3ccc4c(c3)-c3ccccc3C43c4ccccc4-c4ccccc43)nc(-c3cccc4c3oc3ccccc34)n2)cc1. The van der Waals surface area contributed by atoms with E-state index in [4.69, 9.17) is 14.4 Å². The molecule has 3 heteroatoms. The quantitative estimate of drug-likeness (QED) is 0.182. The fourth-order valence-corrected chi connectivity index (χ4v) is 9.61. The maximum Gasteiger partial charge on any atom is 0.164 e. The van der Waals surface area contributed by atoms with Crippen LogP contribution in [0.5, 0.6) is 0 Å². The first-order chi connectivity index (χ1) is 27.8. The number of aromatic nitrogens is 2. The minimum absolute atomic E-state index is 0.398. The topological polar surface area (TPSA) is 38.9 Å². The van der Waals surface area contributed by atoms with Gasteiger partial charge in [0.1, 0.15) is 11.2 Å². The van der Waals surface area contributed by atoms with Crippen LogP contribution in [-0.4, -0.2) is 9.97 Å². The van der Waals surface area contributed by atoms with Gasteiger partial charge in [0.2, 0.25) is 0 Å². The number of furan rings is 1. The molecule has 2 heterocycles.